The molecule has 2 amide bonds. The molecule has 0 heterocycles. The highest BCUT2D eigenvalue weighted by Crippen LogP contribution is 2.35. The summed E-state index contributed by atoms with van der Waals surface area (Å²) in [5.41, 5.74) is 1.74. The van der Waals surface area contributed by atoms with Crippen LogP contribution in [0, 0.1) is 5.92 Å². The Kier molecular flexibility index (Phi) is 4.15. The van der Waals surface area contributed by atoms with Crippen molar-refractivity contribution in [3.05, 3.63) is 40.0 Å². The Hall–Kier alpha value is -1.19. The molecule has 0 atom stereocenters. The predicted molar refractivity (Wildman–Crippen MR) is 75.1 cm³/mol. The van der Waals surface area contributed by atoms with Crippen LogP contribution in [0.5, 0.6) is 0 Å². The molecule has 0 spiro atoms. The fraction of sp³-hybridized carbons (Fsp3) is 0.308. The summed E-state index contributed by atoms with van der Waals surface area (Å²) in [5, 5.41) is 6.31. The van der Waals surface area contributed by atoms with Gasteiger partial charge in [0.1, 0.15) is 0 Å². The van der Waals surface area contributed by atoms with Gasteiger partial charge in [0.25, 0.3) is 0 Å². The molecule has 1 aromatic carbocycles. The lowest BCUT2D eigenvalue weighted by Crippen LogP contribution is -2.24. The topological polar surface area (TPSA) is 41.1 Å². The molecule has 5 heteroatoms. The molecule has 0 saturated heterocycles. The molecule has 96 valence electrons. The first-order valence-electron chi connectivity index (χ1n) is 5.75. The lowest BCUT2D eigenvalue weighted by atomic mass is 10.2. The van der Waals surface area contributed by atoms with E-state index in [0.29, 0.717) is 21.7 Å². The van der Waals surface area contributed by atoms with E-state index in [4.69, 9.17) is 23.2 Å². The summed E-state index contributed by atoms with van der Waals surface area (Å²) in [5.74, 6) is 0.643. The van der Waals surface area contributed by atoms with E-state index in [-0.39, 0.29) is 6.03 Å². The molecule has 1 aromatic rings. The largest absolute Gasteiger partial charge is 0.323 e. The van der Waals surface area contributed by atoms with Crippen molar-refractivity contribution in [2.75, 3.05) is 5.32 Å². The summed E-state index contributed by atoms with van der Waals surface area (Å²) in [6, 6.07) is 4.62. The molecular weight excluding hydrogens is 271 g/mol. The minimum absolute atomic E-state index is 0.306. The number of anilines is 1. The molecule has 0 unspecified atom stereocenters. The highest BCUT2D eigenvalue weighted by molar-refractivity contribution is 6.36. The zero-order valence-corrected chi connectivity index (χ0v) is 11.5. The van der Waals surface area contributed by atoms with Crippen molar-refractivity contribution in [1.29, 1.82) is 0 Å². The summed E-state index contributed by atoms with van der Waals surface area (Å²) in [7, 11) is 0. The molecule has 0 aliphatic heterocycles. The van der Waals surface area contributed by atoms with E-state index in [1.54, 1.807) is 24.4 Å². The van der Waals surface area contributed by atoms with Gasteiger partial charge in [-0.15, -0.1) is 0 Å². The van der Waals surface area contributed by atoms with Gasteiger partial charge >= 0.3 is 6.03 Å². The van der Waals surface area contributed by atoms with Crippen molar-refractivity contribution in [3.8, 4) is 0 Å². The third-order valence-corrected chi connectivity index (χ3v) is 3.38. The minimum atomic E-state index is -0.306. The summed E-state index contributed by atoms with van der Waals surface area (Å²) >= 11 is 11.7. The standard InChI is InChI=1S/C13H14Cl2N2O/c1-8(9-2-3-9)7-16-13(18)17-12-5-4-10(14)6-11(12)15/h4-7,9H,2-3H2,1H3,(H2,16,17,18)/b8-7+. The first-order valence-corrected chi connectivity index (χ1v) is 6.51. The number of nitrogens with one attached hydrogen (secondary N) is 2. The molecular formula is C13H14Cl2N2O. The van der Waals surface area contributed by atoms with E-state index in [1.165, 1.54) is 18.4 Å². The number of hydrogen-bond donors (Lipinski definition) is 2. The van der Waals surface area contributed by atoms with Crippen molar-refractivity contribution in [1.82, 2.24) is 5.32 Å². The van der Waals surface area contributed by atoms with Gasteiger partial charge in [-0.1, -0.05) is 28.8 Å². The van der Waals surface area contributed by atoms with Crippen molar-refractivity contribution in [3.63, 3.8) is 0 Å². The Morgan fingerprint density at radius 3 is 2.72 bits per heavy atom. The van der Waals surface area contributed by atoms with Crippen LogP contribution in [0.2, 0.25) is 10.0 Å². The monoisotopic (exact) mass is 284 g/mol. The number of carbonyl (C=O) groups is 1. The Morgan fingerprint density at radius 2 is 2.11 bits per heavy atom. The molecule has 0 aromatic heterocycles. The number of amides is 2. The molecule has 3 nitrogen and oxygen atoms in total. The van der Waals surface area contributed by atoms with E-state index in [9.17, 15) is 4.79 Å². The van der Waals surface area contributed by atoms with Crippen LogP contribution in [0.25, 0.3) is 0 Å². The van der Waals surface area contributed by atoms with Crippen LogP contribution in [0.4, 0.5) is 10.5 Å². The van der Waals surface area contributed by atoms with Crippen molar-refractivity contribution in [2.24, 2.45) is 5.92 Å². The lowest BCUT2D eigenvalue weighted by Gasteiger charge is -2.07. The fourth-order valence-corrected chi connectivity index (χ4v) is 2.04. The second-order valence-electron chi connectivity index (χ2n) is 4.39. The average molecular weight is 285 g/mol. The molecule has 0 radical (unpaired) electrons. The van der Waals surface area contributed by atoms with E-state index < -0.39 is 0 Å². The third kappa shape index (κ3) is 3.65. The van der Waals surface area contributed by atoms with Gasteiger partial charge < -0.3 is 10.6 Å². The van der Waals surface area contributed by atoms with Crippen molar-refractivity contribution < 1.29 is 4.79 Å². The van der Waals surface area contributed by atoms with Crippen molar-refractivity contribution in [2.45, 2.75) is 19.8 Å². The first kappa shape index (κ1) is 13.2. The molecule has 18 heavy (non-hydrogen) atoms. The van der Waals surface area contributed by atoms with Crippen molar-refractivity contribution >= 4 is 34.9 Å². The Balaban J connectivity index is 1.92. The third-order valence-electron chi connectivity index (χ3n) is 2.83. The van der Waals surface area contributed by atoms with E-state index in [1.807, 2.05) is 6.92 Å². The number of carbonyl (C=O) groups excluding carboxylic acids is 1. The van der Waals surface area contributed by atoms with Crippen LogP contribution < -0.4 is 10.6 Å². The lowest BCUT2D eigenvalue weighted by molar-refractivity contribution is 0.255. The molecule has 0 bridgehead atoms. The quantitative estimate of drug-likeness (QED) is 0.847. The summed E-state index contributed by atoms with van der Waals surface area (Å²) < 4.78 is 0. The van der Waals surface area contributed by atoms with Crippen LogP contribution in [-0.2, 0) is 0 Å². The summed E-state index contributed by atoms with van der Waals surface area (Å²) in [6.45, 7) is 2.02. The number of urea groups is 1. The van der Waals surface area contributed by atoms with E-state index in [0.717, 1.165) is 0 Å². The van der Waals surface area contributed by atoms with Gasteiger partial charge in [-0.05, 0) is 43.9 Å². The van der Waals surface area contributed by atoms with Gasteiger partial charge in [-0.3, -0.25) is 0 Å². The van der Waals surface area contributed by atoms with Gasteiger partial charge in [-0.2, -0.15) is 0 Å². The number of halogens is 2. The SMILES string of the molecule is C/C(=C\NC(=O)Nc1ccc(Cl)cc1Cl)C1CC1. The highest BCUT2D eigenvalue weighted by Gasteiger charge is 2.22. The maximum absolute atomic E-state index is 11.6. The zero-order valence-electron chi connectivity index (χ0n) is 9.97. The zero-order chi connectivity index (χ0) is 13.1. The van der Waals surface area contributed by atoms with Gasteiger partial charge in [0.2, 0.25) is 0 Å². The van der Waals surface area contributed by atoms with Crippen LogP contribution in [0.15, 0.2) is 30.0 Å². The van der Waals surface area contributed by atoms with Crippen LogP contribution in [0.1, 0.15) is 19.8 Å². The molecule has 1 saturated carbocycles. The normalized spacial score (nSPS) is 15.4. The summed E-state index contributed by atoms with van der Waals surface area (Å²) in [6.07, 6.45) is 4.18. The Bertz CT molecular complexity index is 496. The van der Waals surface area contributed by atoms with Gasteiger partial charge in [0.15, 0.2) is 0 Å². The second kappa shape index (κ2) is 5.63. The van der Waals surface area contributed by atoms with Gasteiger partial charge in [0, 0.05) is 11.2 Å². The fourth-order valence-electron chi connectivity index (χ4n) is 1.59. The molecule has 1 fully saturated rings. The molecule has 2 N–H and O–H groups in total. The average Bonchev–Trinajstić information content (AvgIpc) is 3.14. The Morgan fingerprint density at radius 1 is 1.39 bits per heavy atom. The predicted octanol–water partition coefficient (Wildman–Crippen LogP) is 4.43. The minimum Gasteiger partial charge on any atom is -0.314 e. The number of allylic oxidation sites excluding steroid dienone is 1. The maximum Gasteiger partial charge on any atom is 0.323 e. The van der Waals surface area contributed by atoms with Gasteiger partial charge in [0.05, 0.1) is 10.7 Å². The highest BCUT2D eigenvalue weighted by atomic mass is 35.5. The molecule has 1 aliphatic carbocycles. The van der Waals surface area contributed by atoms with Crippen LogP contribution in [0.3, 0.4) is 0 Å². The van der Waals surface area contributed by atoms with Gasteiger partial charge in [-0.25, -0.2) is 4.79 Å². The van der Waals surface area contributed by atoms with E-state index in [2.05, 4.69) is 10.6 Å². The van der Waals surface area contributed by atoms with Crippen LogP contribution in [-0.4, -0.2) is 6.03 Å². The second-order valence-corrected chi connectivity index (χ2v) is 5.23. The summed E-state index contributed by atoms with van der Waals surface area (Å²) in [4.78, 5) is 11.6. The van der Waals surface area contributed by atoms with Crippen LogP contribution >= 0.6 is 23.2 Å². The maximum atomic E-state index is 11.6. The van der Waals surface area contributed by atoms with E-state index >= 15 is 0 Å². The number of rotatable bonds is 3. The number of benzene rings is 1. The molecule has 2 rings (SSSR count). The molecule has 1 aliphatic rings. The Labute approximate surface area is 116 Å². The first-order chi connectivity index (χ1) is 8.56. The smallest absolute Gasteiger partial charge is 0.314 e. The number of hydrogen-bond acceptors (Lipinski definition) is 1.